The van der Waals surface area contributed by atoms with E-state index in [1.807, 2.05) is 0 Å². The van der Waals surface area contributed by atoms with Crippen molar-refractivity contribution in [2.75, 3.05) is 0 Å². The molecule has 0 unspecified atom stereocenters. The molecular weight excluding hydrogens is 220 g/mol. The van der Waals surface area contributed by atoms with Crippen LogP contribution in [0.5, 0.6) is 0 Å². The lowest BCUT2D eigenvalue weighted by Gasteiger charge is -2.25. The molecule has 103 valence electrons. The van der Waals surface area contributed by atoms with Gasteiger partial charge in [-0.1, -0.05) is 91.3 Å². The van der Waals surface area contributed by atoms with Crippen LogP contribution < -0.4 is 0 Å². The van der Waals surface area contributed by atoms with E-state index in [0.29, 0.717) is 5.41 Å². The fourth-order valence-corrected chi connectivity index (χ4v) is 3.45. The third-order valence-electron chi connectivity index (χ3n) is 3.76. The van der Waals surface area contributed by atoms with Gasteiger partial charge in [0.15, 0.2) is 0 Å². The summed E-state index contributed by atoms with van der Waals surface area (Å²) in [5.41, 5.74) is 0.603. The number of rotatable bonds is 11. The molecule has 0 fully saturated rings. The zero-order valence-corrected chi connectivity index (χ0v) is 14.1. The minimum Gasteiger partial charge on any atom is -0.0713 e. The summed E-state index contributed by atoms with van der Waals surface area (Å²) in [5, 5.41) is 0. The zero-order valence-electron chi connectivity index (χ0n) is 13.1. The van der Waals surface area contributed by atoms with Crippen LogP contribution >= 0.6 is 0 Å². The van der Waals surface area contributed by atoms with Crippen molar-refractivity contribution in [2.45, 2.75) is 97.7 Å². The van der Waals surface area contributed by atoms with E-state index < -0.39 is 0 Å². The predicted octanol–water partition coefficient (Wildman–Crippen LogP) is 6.30. The highest BCUT2D eigenvalue weighted by molar-refractivity contribution is 6.55. The van der Waals surface area contributed by atoms with Gasteiger partial charge in [-0.3, -0.25) is 0 Å². The molecule has 0 spiro atoms. The molecule has 0 nitrogen and oxygen atoms in total. The first-order chi connectivity index (χ1) is 7.98. The van der Waals surface area contributed by atoms with Gasteiger partial charge in [-0.05, 0) is 11.8 Å². The Morgan fingerprint density at radius 3 is 1.82 bits per heavy atom. The Morgan fingerprint density at radius 1 is 0.765 bits per heavy atom. The molecule has 0 saturated heterocycles. The lowest BCUT2D eigenvalue weighted by Crippen LogP contribution is -2.14. The molecule has 0 aliphatic rings. The second kappa shape index (κ2) is 10.2. The van der Waals surface area contributed by atoms with Crippen LogP contribution in [0.4, 0.5) is 0 Å². The molecule has 17 heavy (non-hydrogen) atoms. The number of hydrogen-bond acceptors (Lipinski definition) is 0. The topological polar surface area (TPSA) is 0 Å². The molecule has 0 aliphatic carbocycles. The van der Waals surface area contributed by atoms with Crippen LogP contribution in [0.2, 0.25) is 19.1 Å². The maximum Gasteiger partial charge on any atom is 0.0413 e. The molecule has 0 aromatic heterocycles. The van der Waals surface area contributed by atoms with E-state index in [-0.39, 0.29) is 8.80 Å². The quantitative estimate of drug-likeness (QED) is 0.300. The Kier molecular flexibility index (Phi) is 10.3. The zero-order chi connectivity index (χ0) is 13.1. The van der Waals surface area contributed by atoms with Gasteiger partial charge in [-0.25, -0.2) is 0 Å². The molecule has 0 rings (SSSR count). The van der Waals surface area contributed by atoms with E-state index >= 15 is 0 Å². The molecule has 0 heterocycles. The Balaban J connectivity index is 3.39. The van der Waals surface area contributed by atoms with Crippen molar-refractivity contribution < 1.29 is 0 Å². The van der Waals surface area contributed by atoms with Gasteiger partial charge < -0.3 is 0 Å². The van der Waals surface area contributed by atoms with Gasteiger partial charge in [0.05, 0.1) is 0 Å². The molecule has 0 bridgehead atoms. The predicted molar refractivity (Wildman–Crippen MR) is 83.3 cm³/mol. The maximum atomic E-state index is 2.47. The molecule has 0 aromatic carbocycles. The van der Waals surface area contributed by atoms with Gasteiger partial charge in [0.2, 0.25) is 0 Å². The minimum absolute atomic E-state index is 0.0121. The van der Waals surface area contributed by atoms with Crippen LogP contribution in [0.25, 0.3) is 0 Å². The fraction of sp³-hybridized carbons (Fsp3) is 1.00. The third kappa shape index (κ3) is 12.5. The molecule has 0 aromatic rings. The van der Waals surface area contributed by atoms with Crippen LogP contribution in [-0.4, -0.2) is 8.80 Å². The van der Waals surface area contributed by atoms with Crippen LogP contribution in [0.3, 0.4) is 0 Å². The lowest BCUT2D eigenvalue weighted by atomic mass is 9.84. The Hall–Kier alpha value is 0.217. The van der Waals surface area contributed by atoms with E-state index in [2.05, 4.69) is 33.9 Å². The van der Waals surface area contributed by atoms with Crippen LogP contribution in [-0.2, 0) is 0 Å². The van der Waals surface area contributed by atoms with Crippen molar-refractivity contribution >= 4 is 8.80 Å². The van der Waals surface area contributed by atoms with Crippen molar-refractivity contribution in [3.8, 4) is 0 Å². The highest BCUT2D eigenvalue weighted by atomic mass is 28.3. The Bertz CT molecular complexity index is 161. The Labute approximate surface area is 112 Å². The van der Waals surface area contributed by atoms with Crippen molar-refractivity contribution in [2.24, 2.45) is 5.41 Å². The fourth-order valence-electron chi connectivity index (χ4n) is 2.27. The Morgan fingerprint density at radius 2 is 1.29 bits per heavy atom. The van der Waals surface area contributed by atoms with Crippen LogP contribution in [0.1, 0.15) is 78.6 Å². The lowest BCUT2D eigenvalue weighted by molar-refractivity contribution is 0.306. The first-order valence-corrected chi connectivity index (χ1v) is 10.5. The molecule has 0 N–H and O–H groups in total. The van der Waals surface area contributed by atoms with Crippen molar-refractivity contribution in [1.29, 1.82) is 0 Å². The van der Waals surface area contributed by atoms with Gasteiger partial charge in [0, 0.05) is 8.80 Å². The number of hydrogen-bond donors (Lipinski definition) is 0. The van der Waals surface area contributed by atoms with Crippen LogP contribution in [0.15, 0.2) is 0 Å². The van der Waals surface area contributed by atoms with Crippen molar-refractivity contribution in [3.05, 3.63) is 0 Å². The van der Waals surface area contributed by atoms with E-state index in [0.717, 1.165) is 0 Å². The summed E-state index contributed by atoms with van der Waals surface area (Å²) >= 11 is 0. The molecule has 1 heteroatoms. The average molecular weight is 256 g/mol. The summed E-state index contributed by atoms with van der Waals surface area (Å²) in [6, 6.07) is 1.49. The van der Waals surface area contributed by atoms with Crippen molar-refractivity contribution in [3.63, 3.8) is 0 Å². The SMILES string of the molecule is CCCCCCCCCC(C)(C)CC[Si](C)C. The number of unbranched alkanes of at least 4 members (excludes halogenated alkanes) is 6. The smallest absolute Gasteiger partial charge is 0.0413 e. The first-order valence-electron chi connectivity index (χ1n) is 7.77. The van der Waals surface area contributed by atoms with Crippen LogP contribution in [0, 0.1) is 5.41 Å². The molecular formula is C16H35Si. The second-order valence-corrected chi connectivity index (χ2v) is 9.66. The van der Waals surface area contributed by atoms with Gasteiger partial charge >= 0.3 is 0 Å². The monoisotopic (exact) mass is 255 g/mol. The highest BCUT2D eigenvalue weighted by Crippen LogP contribution is 2.30. The largest absolute Gasteiger partial charge is 0.0713 e. The summed E-state index contributed by atoms with van der Waals surface area (Å²) in [6.07, 6.45) is 13.0. The summed E-state index contributed by atoms with van der Waals surface area (Å²) in [4.78, 5) is 0. The third-order valence-corrected chi connectivity index (χ3v) is 5.01. The van der Waals surface area contributed by atoms with Gasteiger partial charge in [0.25, 0.3) is 0 Å². The summed E-state index contributed by atoms with van der Waals surface area (Å²) in [6.45, 7) is 12.1. The molecule has 1 radical (unpaired) electrons. The summed E-state index contributed by atoms with van der Waals surface area (Å²) in [7, 11) is -0.0121. The first kappa shape index (κ1) is 17.2. The van der Waals surface area contributed by atoms with Crippen molar-refractivity contribution in [1.82, 2.24) is 0 Å². The summed E-state index contributed by atoms with van der Waals surface area (Å²) in [5.74, 6) is 0. The normalized spacial score (nSPS) is 12.4. The standard InChI is InChI=1S/C16H35Si/c1-6-7-8-9-10-11-12-13-16(2,3)14-15-17(4)5/h6-15H2,1-5H3. The summed E-state index contributed by atoms with van der Waals surface area (Å²) < 4.78 is 0. The van der Waals surface area contributed by atoms with E-state index in [4.69, 9.17) is 0 Å². The molecule has 0 saturated carbocycles. The molecule has 0 atom stereocenters. The second-order valence-electron chi connectivity index (χ2n) is 6.74. The maximum absolute atomic E-state index is 2.47. The highest BCUT2D eigenvalue weighted by Gasteiger charge is 2.17. The van der Waals surface area contributed by atoms with E-state index in [1.165, 1.54) is 63.8 Å². The minimum atomic E-state index is -0.0121. The van der Waals surface area contributed by atoms with Gasteiger partial charge in [-0.15, -0.1) is 0 Å². The molecule has 0 amide bonds. The van der Waals surface area contributed by atoms with E-state index in [1.54, 1.807) is 0 Å². The average Bonchev–Trinajstić information content (AvgIpc) is 2.25. The van der Waals surface area contributed by atoms with E-state index in [9.17, 15) is 0 Å². The van der Waals surface area contributed by atoms with Gasteiger partial charge in [0.1, 0.15) is 0 Å². The van der Waals surface area contributed by atoms with Gasteiger partial charge in [-0.2, -0.15) is 0 Å². The molecule has 0 aliphatic heterocycles.